The van der Waals surface area contributed by atoms with Gasteiger partial charge in [-0.15, -0.1) is 11.3 Å². The molecule has 1 fully saturated rings. The smallest absolute Gasteiger partial charge is 0.272 e. The third-order valence-corrected chi connectivity index (χ3v) is 8.91. The van der Waals surface area contributed by atoms with Gasteiger partial charge >= 0.3 is 0 Å². The van der Waals surface area contributed by atoms with Crippen molar-refractivity contribution < 1.29 is 9.72 Å². The van der Waals surface area contributed by atoms with Crippen molar-refractivity contribution in [3.8, 4) is 17.3 Å². The molecule has 10 heteroatoms. The SMILES string of the molecule is CN1CC(c2ccccc2[N+](=O)[O-])C(C#N)(c2nc(-c3ccc(Cl)cc3)cs2)C12C(=O)Nc1ccccc12. The number of nitrogens with one attached hydrogen (secondary N) is 1. The van der Waals surface area contributed by atoms with Gasteiger partial charge in [0.1, 0.15) is 10.4 Å². The van der Waals surface area contributed by atoms with Gasteiger partial charge in [0, 0.05) is 51.3 Å². The van der Waals surface area contributed by atoms with Gasteiger partial charge in [-0.1, -0.05) is 60.1 Å². The highest BCUT2D eigenvalue weighted by Crippen LogP contribution is 2.63. The summed E-state index contributed by atoms with van der Waals surface area (Å²) in [6.07, 6.45) is 0. The zero-order valence-electron chi connectivity index (χ0n) is 20.1. The maximum Gasteiger partial charge on any atom is 0.272 e. The summed E-state index contributed by atoms with van der Waals surface area (Å²) in [5.41, 5.74) is -0.0215. The monoisotopic (exact) mass is 541 g/mol. The van der Waals surface area contributed by atoms with Gasteiger partial charge in [-0.05, 0) is 25.2 Å². The van der Waals surface area contributed by atoms with Crippen LogP contribution in [0.3, 0.4) is 0 Å². The summed E-state index contributed by atoms with van der Waals surface area (Å²) >= 11 is 7.35. The summed E-state index contributed by atoms with van der Waals surface area (Å²) in [6, 6.07) is 23.5. The maximum atomic E-state index is 14.0. The zero-order valence-corrected chi connectivity index (χ0v) is 21.7. The summed E-state index contributed by atoms with van der Waals surface area (Å²) in [4.78, 5) is 32.5. The molecule has 0 bridgehead atoms. The van der Waals surface area contributed by atoms with Gasteiger partial charge in [0.25, 0.3) is 11.6 Å². The summed E-state index contributed by atoms with van der Waals surface area (Å²) < 4.78 is 0. The first-order chi connectivity index (χ1) is 18.3. The van der Waals surface area contributed by atoms with Crippen molar-refractivity contribution in [3.05, 3.63) is 109 Å². The topological polar surface area (TPSA) is 112 Å². The van der Waals surface area contributed by atoms with Crippen molar-refractivity contribution in [3.63, 3.8) is 0 Å². The standard InChI is InChI=1S/C28H20ClN5O3S/c1-33-14-21(19-6-2-5-9-24(19)34(36)37)27(16-30,28(33)20-7-3-4-8-22(20)31-25(28)35)26-32-23(15-38-26)17-10-12-18(29)13-11-17/h2-13,15,21H,14H2,1H3,(H,31,35). The van der Waals surface area contributed by atoms with Gasteiger partial charge in [0.2, 0.25) is 0 Å². The van der Waals surface area contributed by atoms with Crippen LogP contribution in [-0.2, 0) is 15.7 Å². The fraction of sp³-hybridized carbons (Fsp3) is 0.179. The molecule has 8 nitrogen and oxygen atoms in total. The van der Waals surface area contributed by atoms with E-state index in [0.717, 1.165) is 5.56 Å². The number of nitro groups is 1. The third kappa shape index (κ3) is 3.11. The van der Waals surface area contributed by atoms with E-state index in [4.69, 9.17) is 16.6 Å². The molecule has 1 aromatic heterocycles. The number of likely N-dealkylation sites (N-methyl/N-ethyl adjacent to an activating group) is 1. The summed E-state index contributed by atoms with van der Waals surface area (Å²) in [5.74, 6) is -1.08. The predicted octanol–water partition coefficient (Wildman–Crippen LogP) is 5.71. The number of fused-ring (bicyclic) bond motifs is 2. The molecule has 188 valence electrons. The number of carbonyl (C=O) groups excluding carboxylic acids is 1. The van der Waals surface area contributed by atoms with E-state index in [1.165, 1.54) is 17.4 Å². The van der Waals surface area contributed by atoms with Gasteiger partial charge in [-0.3, -0.25) is 19.8 Å². The molecular formula is C28H20ClN5O3S. The molecule has 3 heterocycles. The van der Waals surface area contributed by atoms with Crippen LogP contribution >= 0.6 is 22.9 Å². The maximum absolute atomic E-state index is 14.0. The van der Waals surface area contributed by atoms with Crippen LogP contribution in [0.4, 0.5) is 11.4 Å². The lowest BCUT2D eigenvalue weighted by molar-refractivity contribution is -0.385. The van der Waals surface area contributed by atoms with E-state index in [0.29, 0.717) is 32.5 Å². The van der Waals surface area contributed by atoms with Crippen LogP contribution in [0.5, 0.6) is 0 Å². The first-order valence-electron chi connectivity index (χ1n) is 11.8. The van der Waals surface area contributed by atoms with Crippen LogP contribution in [0.2, 0.25) is 5.02 Å². The number of anilines is 1. The van der Waals surface area contributed by atoms with Crippen molar-refractivity contribution in [2.75, 3.05) is 18.9 Å². The van der Waals surface area contributed by atoms with Crippen molar-refractivity contribution in [1.82, 2.24) is 9.88 Å². The molecule has 3 aromatic carbocycles. The molecule has 3 atom stereocenters. The Morgan fingerprint density at radius 2 is 1.87 bits per heavy atom. The first kappa shape index (κ1) is 24.2. The van der Waals surface area contributed by atoms with Crippen molar-refractivity contribution >= 4 is 40.2 Å². The number of carbonyl (C=O) groups is 1. The minimum Gasteiger partial charge on any atom is -0.324 e. The van der Waals surface area contributed by atoms with E-state index in [1.54, 1.807) is 43.4 Å². The summed E-state index contributed by atoms with van der Waals surface area (Å²) in [7, 11) is 1.79. The molecule has 38 heavy (non-hydrogen) atoms. The zero-order chi connectivity index (χ0) is 26.7. The molecule has 1 saturated heterocycles. The molecular weight excluding hydrogens is 522 g/mol. The van der Waals surface area contributed by atoms with Gasteiger partial charge in [-0.2, -0.15) is 5.26 Å². The van der Waals surface area contributed by atoms with Gasteiger partial charge in [0.15, 0.2) is 5.54 Å². The minimum absolute atomic E-state index is 0.0938. The number of amides is 1. The number of para-hydroxylation sites is 2. The number of nitro benzene ring substituents is 1. The van der Waals surface area contributed by atoms with E-state index in [-0.39, 0.29) is 18.1 Å². The van der Waals surface area contributed by atoms with Gasteiger partial charge in [0.05, 0.1) is 16.7 Å². The number of thiazole rings is 1. The van der Waals surface area contributed by atoms with E-state index >= 15 is 0 Å². The van der Waals surface area contributed by atoms with Crippen molar-refractivity contribution in [1.29, 1.82) is 5.26 Å². The van der Waals surface area contributed by atoms with Gasteiger partial charge < -0.3 is 5.32 Å². The van der Waals surface area contributed by atoms with Crippen LogP contribution in [0, 0.1) is 21.4 Å². The van der Waals surface area contributed by atoms with Crippen LogP contribution < -0.4 is 5.32 Å². The van der Waals surface area contributed by atoms with Crippen LogP contribution in [0.1, 0.15) is 22.1 Å². The average molecular weight is 542 g/mol. The number of aromatic nitrogens is 1. The summed E-state index contributed by atoms with van der Waals surface area (Å²) in [6.45, 7) is 0.232. The number of hydrogen-bond acceptors (Lipinski definition) is 7. The fourth-order valence-corrected chi connectivity index (χ4v) is 7.32. The van der Waals surface area contributed by atoms with Crippen LogP contribution in [-0.4, -0.2) is 34.3 Å². The normalized spacial score (nSPS) is 24.2. The number of hydrogen-bond donors (Lipinski definition) is 1. The highest BCUT2D eigenvalue weighted by molar-refractivity contribution is 7.10. The highest BCUT2D eigenvalue weighted by Gasteiger charge is 2.73. The molecule has 0 saturated carbocycles. The summed E-state index contributed by atoms with van der Waals surface area (Å²) in [5, 5.41) is 29.1. The Hall–Kier alpha value is -4.10. The Morgan fingerprint density at radius 3 is 2.61 bits per heavy atom. The van der Waals surface area contributed by atoms with E-state index in [1.807, 2.05) is 40.6 Å². The molecule has 1 spiro atoms. The Labute approximate surface area is 227 Å². The average Bonchev–Trinajstić information content (AvgIpc) is 3.60. The van der Waals surface area contributed by atoms with E-state index in [9.17, 15) is 20.2 Å². The number of nitriles is 1. The largest absolute Gasteiger partial charge is 0.324 e. The molecule has 1 N–H and O–H groups in total. The number of halogens is 1. The quantitative estimate of drug-likeness (QED) is 0.261. The lowest BCUT2D eigenvalue weighted by Crippen LogP contribution is -2.57. The van der Waals surface area contributed by atoms with E-state index in [2.05, 4.69) is 11.4 Å². The van der Waals surface area contributed by atoms with Crippen molar-refractivity contribution in [2.45, 2.75) is 16.9 Å². The van der Waals surface area contributed by atoms with Gasteiger partial charge in [-0.25, -0.2) is 4.98 Å². The minimum atomic E-state index is -1.57. The second-order valence-corrected chi connectivity index (χ2v) is 10.7. The number of nitrogens with zero attached hydrogens (tertiary/aromatic N) is 4. The van der Waals surface area contributed by atoms with Crippen LogP contribution in [0.15, 0.2) is 78.2 Å². The Balaban J connectivity index is 1.66. The molecule has 2 aliphatic heterocycles. The van der Waals surface area contributed by atoms with Crippen LogP contribution in [0.25, 0.3) is 11.3 Å². The number of rotatable bonds is 4. The predicted molar refractivity (Wildman–Crippen MR) is 145 cm³/mol. The molecule has 2 aliphatic rings. The molecule has 1 amide bonds. The molecule has 0 radical (unpaired) electrons. The Morgan fingerprint density at radius 1 is 1.16 bits per heavy atom. The highest BCUT2D eigenvalue weighted by atomic mass is 35.5. The molecule has 0 aliphatic carbocycles. The Kier molecular flexibility index (Phi) is 5.58. The van der Waals surface area contributed by atoms with E-state index < -0.39 is 21.8 Å². The Bertz CT molecular complexity index is 1650. The van der Waals surface area contributed by atoms with Crippen molar-refractivity contribution in [2.24, 2.45) is 0 Å². The third-order valence-electron chi connectivity index (χ3n) is 7.68. The fourth-order valence-electron chi connectivity index (χ4n) is 6.11. The first-order valence-corrected chi connectivity index (χ1v) is 13.1. The second kappa shape index (κ2) is 8.74. The molecule has 4 aromatic rings. The number of likely N-dealkylation sites (tertiary alicyclic amines) is 1. The number of benzene rings is 3. The molecule has 6 rings (SSSR count). The molecule has 3 unspecified atom stereocenters. The second-order valence-electron chi connectivity index (χ2n) is 9.42. The lowest BCUT2D eigenvalue weighted by Gasteiger charge is -2.40. The lowest BCUT2D eigenvalue weighted by atomic mass is 9.62.